The maximum Gasteiger partial charge on any atom is 0.410 e. The number of hydrogen-bond acceptors (Lipinski definition) is 4. The normalized spacial score (nSPS) is 25.6. The zero-order valence-corrected chi connectivity index (χ0v) is 18.4. The van der Waals surface area contributed by atoms with Crippen molar-refractivity contribution in [2.45, 2.75) is 103 Å². The van der Waals surface area contributed by atoms with Crippen LogP contribution in [0, 0.1) is 11.3 Å². The second-order valence-corrected chi connectivity index (χ2v) is 10.7. The molecule has 2 N–H and O–H groups in total. The van der Waals surface area contributed by atoms with E-state index in [-0.39, 0.29) is 23.7 Å². The van der Waals surface area contributed by atoms with Crippen LogP contribution in [0.15, 0.2) is 0 Å². The molecule has 0 bridgehead atoms. The number of carbonyl (C=O) groups is 1. The van der Waals surface area contributed by atoms with Gasteiger partial charge in [0.2, 0.25) is 0 Å². The number of nitrogens with zero attached hydrogens (tertiary/aromatic N) is 1. The lowest BCUT2D eigenvalue weighted by Crippen LogP contribution is -2.56. The van der Waals surface area contributed by atoms with Crippen molar-refractivity contribution < 1.29 is 14.6 Å². The van der Waals surface area contributed by atoms with Crippen molar-refractivity contribution >= 4 is 6.09 Å². The summed E-state index contributed by atoms with van der Waals surface area (Å²) < 4.78 is 5.60. The van der Waals surface area contributed by atoms with E-state index in [2.05, 4.69) is 5.32 Å². The Balaban J connectivity index is 1.66. The number of aliphatic hydroxyl groups excluding tert-OH is 1. The van der Waals surface area contributed by atoms with Crippen molar-refractivity contribution in [3.05, 3.63) is 0 Å². The van der Waals surface area contributed by atoms with Gasteiger partial charge in [0.25, 0.3) is 0 Å². The predicted molar refractivity (Wildman–Crippen MR) is 112 cm³/mol. The fraction of sp³-hybridized carbons (Fsp3) is 0.957. The van der Waals surface area contributed by atoms with Gasteiger partial charge in [0.1, 0.15) is 5.60 Å². The number of likely N-dealkylation sites (tertiary alicyclic amines) is 1. The molecule has 1 aliphatic heterocycles. The standard InChI is InChI=1S/C23H42N2O3/c1-21(2,3)28-20(27)25-15-13-22(14-16-25,19-9-5-4-6-10-19)17-24-23(18-26)11-7-8-12-23/h19,24,26H,4-18H2,1-3H3. The van der Waals surface area contributed by atoms with E-state index in [1.54, 1.807) is 0 Å². The molecule has 3 rings (SSSR count). The molecule has 1 amide bonds. The monoisotopic (exact) mass is 394 g/mol. The van der Waals surface area contributed by atoms with Gasteiger partial charge in [-0.05, 0) is 70.6 Å². The van der Waals surface area contributed by atoms with E-state index in [9.17, 15) is 9.90 Å². The lowest BCUT2D eigenvalue weighted by atomic mass is 9.63. The van der Waals surface area contributed by atoms with Gasteiger partial charge in [0.15, 0.2) is 0 Å². The first-order valence-corrected chi connectivity index (χ1v) is 11.6. The average Bonchev–Trinajstić information content (AvgIpc) is 3.16. The molecule has 0 unspecified atom stereocenters. The number of piperidine rings is 1. The summed E-state index contributed by atoms with van der Waals surface area (Å²) in [6.07, 6.45) is 13.2. The van der Waals surface area contributed by atoms with Crippen molar-refractivity contribution in [1.29, 1.82) is 0 Å². The van der Waals surface area contributed by atoms with E-state index in [0.717, 1.165) is 51.2 Å². The van der Waals surface area contributed by atoms with Crippen molar-refractivity contribution in [3.8, 4) is 0 Å². The van der Waals surface area contributed by atoms with E-state index in [1.807, 2.05) is 25.7 Å². The van der Waals surface area contributed by atoms with Crippen LogP contribution in [0.25, 0.3) is 0 Å². The van der Waals surface area contributed by atoms with Crippen molar-refractivity contribution in [1.82, 2.24) is 10.2 Å². The molecule has 0 atom stereocenters. The molecule has 28 heavy (non-hydrogen) atoms. The van der Waals surface area contributed by atoms with E-state index < -0.39 is 5.60 Å². The maximum atomic E-state index is 12.5. The van der Waals surface area contributed by atoms with Crippen LogP contribution in [0.4, 0.5) is 4.79 Å². The zero-order chi connectivity index (χ0) is 20.3. The third-order valence-electron chi connectivity index (χ3n) is 7.56. The number of ether oxygens (including phenoxy) is 1. The van der Waals surface area contributed by atoms with Gasteiger partial charge in [-0.3, -0.25) is 0 Å². The van der Waals surface area contributed by atoms with Gasteiger partial charge in [0, 0.05) is 25.2 Å². The number of carbonyl (C=O) groups excluding carboxylic acids is 1. The number of aliphatic hydroxyl groups is 1. The fourth-order valence-corrected chi connectivity index (χ4v) is 5.71. The summed E-state index contributed by atoms with van der Waals surface area (Å²) in [5, 5.41) is 13.9. The predicted octanol–water partition coefficient (Wildman–Crippen LogP) is 4.48. The van der Waals surface area contributed by atoms with Gasteiger partial charge in [-0.1, -0.05) is 32.1 Å². The van der Waals surface area contributed by atoms with Gasteiger partial charge in [-0.2, -0.15) is 0 Å². The molecule has 0 radical (unpaired) electrons. The molecule has 0 aromatic rings. The highest BCUT2D eigenvalue weighted by Gasteiger charge is 2.45. The molecule has 3 aliphatic rings. The van der Waals surface area contributed by atoms with Crippen molar-refractivity contribution in [2.24, 2.45) is 11.3 Å². The summed E-state index contributed by atoms with van der Waals surface area (Å²) in [6, 6.07) is 0. The molecule has 3 fully saturated rings. The van der Waals surface area contributed by atoms with Gasteiger partial charge in [-0.15, -0.1) is 0 Å². The van der Waals surface area contributed by atoms with Crippen molar-refractivity contribution in [3.63, 3.8) is 0 Å². The first-order chi connectivity index (χ1) is 13.3. The number of rotatable bonds is 5. The largest absolute Gasteiger partial charge is 0.444 e. The summed E-state index contributed by atoms with van der Waals surface area (Å²) in [4.78, 5) is 14.4. The summed E-state index contributed by atoms with van der Waals surface area (Å²) in [7, 11) is 0. The molecular formula is C23H42N2O3. The van der Waals surface area contributed by atoms with Crippen LogP contribution in [-0.2, 0) is 4.74 Å². The Morgan fingerprint density at radius 3 is 2.18 bits per heavy atom. The van der Waals surface area contributed by atoms with Gasteiger partial charge in [0.05, 0.1) is 6.61 Å². The molecule has 162 valence electrons. The lowest BCUT2D eigenvalue weighted by molar-refractivity contribution is -0.00967. The lowest BCUT2D eigenvalue weighted by Gasteiger charge is -2.49. The van der Waals surface area contributed by atoms with Crippen LogP contribution in [0.3, 0.4) is 0 Å². The van der Waals surface area contributed by atoms with Crippen LogP contribution in [-0.4, -0.2) is 53.5 Å². The van der Waals surface area contributed by atoms with E-state index in [4.69, 9.17) is 4.74 Å². The SMILES string of the molecule is CC(C)(C)OC(=O)N1CCC(CNC2(CO)CCCC2)(C2CCCCC2)CC1. The Morgan fingerprint density at radius 1 is 1.04 bits per heavy atom. The van der Waals surface area contributed by atoms with E-state index in [1.165, 1.54) is 44.9 Å². The molecule has 1 saturated heterocycles. The first kappa shape index (κ1) is 21.9. The highest BCUT2D eigenvalue weighted by atomic mass is 16.6. The minimum absolute atomic E-state index is 0.0655. The molecule has 5 heteroatoms. The molecular weight excluding hydrogens is 352 g/mol. The zero-order valence-electron chi connectivity index (χ0n) is 18.4. The molecule has 5 nitrogen and oxygen atoms in total. The molecule has 1 heterocycles. The Labute approximate surface area is 171 Å². The minimum atomic E-state index is -0.438. The Hall–Kier alpha value is -0.810. The van der Waals surface area contributed by atoms with Gasteiger partial charge >= 0.3 is 6.09 Å². The minimum Gasteiger partial charge on any atom is -0.444 e. The van der Waals surface area contributed by atoms with E-state index >= 15 is 0 Å². The Bertz CT molecular complexity index is 508. The fourth-order valence-electron chi connectivity index (χ4n) is 5.71. The topological polar surface area (TPSA) is 61.8 Å². The second kappa shape index (κ2) is 8.91. The highest BCUT2D eigenvalue weighted by molar-refractivity contribution is 5.68. The van der Waals surface area contributed by atoms with Crippen molar-refractivity contribution in [2.75, 3.05) is 26.2 Å². The molecule has 2 aliphatic carbocycles. The second-order valence-electron chi connectivity index (χ2n) is 10.7. The Morgan fingerprint density at radius 2 is 1.64 bits per heavy atom. The summed E-state index contributed by atoms with van der Waals surface area (Å²) >= 11 is 0. The van der Waals surface area contributed by atoms with E-state index in [0.29, 0.717) is 0 Å². The van der Waals surface area contributed by atoms with Crippen LogP contribution in [0.5, 0.6) is 0 Å². The van der Waals surface area contributed by atoms with Gasteiger partial charge < -0.3 is 20.1 Å². The molecule has 2 saturated carbocycles. The summed E-state index contributed by atoms with van der Waals surface area (Å²) in [5.74, 6) is 0.742. The number of hydrogen-bond donors (Lipinski definition) is 2. The third kappa shape index (κ3) is 5.21. The smallest absolute Gasteiger partial charge is 0.410 e. The Kier molecular flexibility index (Phi) is 6.96. The van der Waals surface area contributed by atoms with Gasteiger partial charge in [-0.25, -0.2) is 4.79 Å². The maximum absolute atomic E-state index is 12.5. The summed E-state index contributed by atoms with van der Waals surface area (Å²) in [5.41, 5.74) is -0.250. The molecule has 0 aromatic carbocycles. The number of amides is 1. The molecule has 0 aromatic heterocycles. The number of nitrogens with one attached hydrogen (secondary N) is 1. The third-order valence-corrected chi connectivity index (χ3v) is 7.56. The van der Waals surface area contributed by atoms with Crippen LogP contribution in [0.2, 0.25) is 0 Å². The van der Waals surface area contributed by atoms with Crippen LogP contribution < -0.4 is 5.32 Å². The van der Waals surface area contributed by atoms with Crippen LogP contribution in [0.1, 0.15) is 91.4 Å². The summed E-state index contributed by atoms with van der Waals surface area (Å²) in [6.45, 7) is 8.61. The molecule has 0 spiro atoms. The average molecular weight is 395 g/mol. The quantitative estimate of drug-likeness (QED) is 0.722. The van der Waals surface area contributed by atoms with Crippen LogP contribution >= 0.6 is 0 Å². The highest BCUT2D eigenvalue weighted by Crippen LogP contribution is 2.46. The first-order valence-electron chi connectivity index (χ1n) is 11.6.